The van der Waals surface area contributed by atoms with E-state index in [9.17, 15) is 15.0 Å². The lowest BCUT2D eigenvalue weighted by Gasteiger charge is -2.26. The van der Waals surface area contributed by atoms with Gasteiger partial charge in [0.15, 0.2) is 0 Å². The number of benzene rings is 2. The molecule has 2 aromatic rings. The van der Waals surface area contributed by atoms with E-state index in [0.717, 1.165) is 12.8 Å². The van der Waals surface area contributed by atoms with E-state index in [1.807, 2.05) is 6.92 Å². The number of rotatable bonds is 10. The number of aliphatic hydroxyl groups excluding tert-OH is 1. The van der Waals surface area contributed by atoms with Crippen LogP contribution >= 0.6 is 11.6 Å². The third-order valence-electron chi connectivity index (χ3n) is 6.39. The molecule has 1 unspecified atom stereocenters. The highest BCUT2D eigenvalue weighted by Gasteiger charge is 2.27. The zero-order valence-electron chi connectivity index (χ0n) is 20.4. The van der Waals surface area contributed by atoms with Gasteiger partial charge < -0.3 is 10.2 Å². The molecule has 4 heteroatoms. The maximum atomic E-state index is 13.1. The third-order valence-corrected chi connectivity index (χ3v) is 6.75. The largest absolute Gasteiger partial charge is 0.508 e. The number of hydrogen-bond donors (Lipinski definition) is 2. The number of Topliss-reactive ketones (excluding diaryl/α,β-unsaturated/α-hetero) is 1. The fourth-order valence-corrected chi connectivity index (χ4v) is 4.34. The molecule has 0 aliphatic rings. The summed E-state index contributed by atoms with van der Waals surface area (Å²) in [5, 5.41) is 20.5. The molecule has 0 heterocycles. The topological polar surface area (TPSA) is 57.5 Å². The van der Waals surface area contributed by atoms with Crippen molar-refractivity contribution < 1.29 is 15.0 Å². The van der Waals surface area contributed by atoms with Gasteiger partial charge in [-0.05, 0) is 77.0 Å². The summed E-state index contributed by atoms with van der Waals surface area (Å²) in [4.78, 5) is 13.1. The maximum absolute atomic E-state index is 13.1. The fourth-order valence-electron chi connectivity index (χ4n) is 4.16. The minimum atomic E-state index is -0.325. The number of carbonyl (C=O) groups is 1. The molecular weight excluding hydrogens is 420 g/mol. The van der Waals surface area contributed by atoms with E-state index in [1.165, 1.54) is 22.8 Å². The minimum absolute atomic E-state index is 0.0230. The second-order valence-corrected chi connectivity index (χ2v) is 11.0. The molecule has 3 nitrogen and oxygen atoms in total. The number of aliphatic hydroxyl groups is 1. The van der Waals surface area contributed by atoms with Crippen LogP contribution in [-0.2, 0) is 24.1 Å². The number of phenols is 1. The molecule has 0 aliphatic carbocycles. The van der Waals surface area contributed by atoms with Gasteiger partial charge in [-0.3, -0.25) is 4.79 Å². The number of ketones is 1. The SMILES string of the molecule is CC(C)c1cccc(CCC(C)(C)C)c1C[C@H](CO)C(C)C(=O)Cc1cc(O)ccc1Cl. The van der Waals surface area contributed by atoms with Crippen LogP contribution in [0.5, 0.6) is 5.75 Å². The first kappa shape index (κ1) is 26.4. The minimum Gasteiger partial charge on any atom is -0.508 e. The number of phenolic OH excluding ortho intramolecular Hbond substituents is 1. The van der Waals surface area contributed by atoms with E-state index in [1.54, 1.807) is 12.1 Å². The predicted octanol–water partition coefficient (Wildman–Crippen LogP) is 6.75. The number of halogens is 1. The normalized spacial score (nSPS) is 13.9. The van der Waals surface area contributed by atoms with Crippen LogP contribution in [0.4, 0.5) is 0 Å². The maximum Gasteiger partial charge on any atom is 0.140 e. The summed E-state index contributed by atoms with van der Waals surface area (Å²) in [6, 6.07) is 11.2. The van der Waals surface area contributed by atoms with Gasteiger partial charge in [0.25, 0.3) is 0 Å². The smallest absolute Gasteiger partial charge is 0.140 e. The summed E-state index contributed by atoms with van der Waals surface area (Å²) in [7, 11) is 0. The van der Waals surface area contributed by atoms with Crippen LogP contribution in [0, 0.1) is 17.3 Å². The number of hydrogen-bond acceptors (Lipinski definition) is 3. The van der Waals surface area contributed by atoms with E-state index in [4.69, 9.17) is 11.6 Å². The van der Waals surface area contributed by atoms with Crippen LogP contribution in [0.3, 0.4) is 0 Å². The summed E-state index contributed by atoms with van der Waals surface area (Å²) >= 11 is 6.22. The van der Waals surface area contributed by atoms with Gasteiger partial charge in [0.2, 0.25) is 0 Å². The molecule has 0 aromatic heterocycles. The molecule has 2 rings (SSSR count). The Morgan fingerprint density at radius 1 is 1.06 bits per heavy atom. The van der Waals surface area contributed by atoms with Crippen molar-refractivity contribution in [2.75, 3.05) is 6.61 Å². The lowest BCUT2D eigenvalue weighted by Crippen LogP contribution is -2.28. The van der Waals surface area contributed by atoms with Crippen molar-refractivity contribution >= 4 is 17.4 Å². The van der Waals surface area contributed by atoms with Crippen LogP contribution in [-0.4, -0.2) is 22.6 Å². The van der Waals surface area contributed by atoms with Crippen molar-refractivity contribution in [1.29, 1.82) is 0 Å². The molecule has 0 bridgehead atoms. The molecule has 2 N–H and O–H groups in total. The van der Waals surface area contributed by atoms with Crippen LogP contribution in [0.15, 0.2) is 36.4 Å². The van der Waals surface area contributed by atoms with Gasteiger partial charge in [-0.2, -0.15) is 0 Å². The Hall–Kier alpha value is -1.84. The summed E-state index contributed by atoms with van der Waals surface area (Å²) in [5.41, 5.74) is 4.76. The zero-order chi connectivity index (χ0) is 24.1. The summed E-state index contributed by atoms with van der Waals surface area (Å²) in [6.45, 7) is 13.0. The Morgan fingerprint density at radius 2 is 1.75 bits per heavy atom. The Kier molecular flexibility index (Phi) is 9.36. The monoisotopic (exact) mass is 458 g/mol. The van der Waals surface area contributed by atoms with Gasteiger partial charge in [-0.25, -0.2) is 0 Å². The van der Waals surface area contributed by atoms with Gasteiger partial charge in [-0.1, -0.05) is 71.3 Å². The summed E-state index contributed by atoms with van der Waals surface area (Å²) in [5.74, 6) is -0.00950. The number of aromatic hydroxyl groups is 1. The highest BCUT2D eigenvalue weighted by molar-refractivity contribution is 6.31. The molecular formula is C28H39ClO3. The molecule has 0 saturated heterocycles. The van der Waals surface area contributed by atoms with Gasteiger partial charge in [0.05, 0.1) is 0 Å². The molecule has 0 radical (unpaired) electrons. The predicted molar refractivity (Wildman–Crippen MR) is 134 cm³/mol. The standard InChI is InChI=1S/C28H39ClO3/c1-18(2)24-9-7-8-20(12-13-28(4,5)6)25(24)15-22(17-30)19(3)27(32)16-21-14-23(31)10-11-26(21)29/h7-11,14,18-19,22,30-31H,12-13,15-17H2,1-6H3/t19?,22-/m1/s1. The van der Waals surface area contributed by atoms with E-state index in [2.05, 4.69) is 52.8 Å². The van der Waals surface area contributed by atoms with Gasteiger partial charge in [-0.15, -0.1) is 0 Å². The van der Waals surface area contributed by atoms with E-state index < -0.39 is 0 Å². The first-order chi connectivity index (χ1) is 14.9. The first-order valence-corrected chi connectivity index (χ1v) is 12.0. The zero-order valence-corrected chi connectivity index (χ0v) is 21.2. The summed E-state index contributed by atoms with van der Waals surface area (Å²) < 4.78 is 0. The average molecular weight is 459 g/mol. The van der Waals surface area contributed by atoms with Gasteiger partial charge >= 0.3 is 0 Å². The molecule has 0 aliphatic heterocycles. The second-order valence-electron chi connectivity index (χ2n) is 10.6. The Balaban J connectivity index is 2.27. The molecule has 176 valence electrons. The van der Waals surface area contributed by atoms with Crippen molar-refractivity contribution in [3.8, 4) is 5.75 Å². The highest BCUT2D eigenvalue weighted by atomic mass is 35.5. The van der Waals surface area contributed by atoms with E-state index in [0.29, 0.717) is 22.9 Å². The Bertz CT molecular complexity index is 911. The van der Waals surface area contributed by atoms with Gasteiger partial charge in [0, 0.05) is 24.0 Å². The van der Waals surface area contributed by atoms with Crippen molar-refractivity contribution in [2.24, 2.45) is 17.3 Å². The Morgan fingerprint density at radius 3 is 2.34 bits per heavy atom. The lowest BCUT2D eigenvalue weighted by molar-refractivity contribution is -0.123. The average Bonchev–Trinajstić information content (AvgIpc) is 2.72. The van der Waals surface area contributed by atoms with E-state index >= 15 is 0 Å². The van der Waals surface area contributed by atoms with Crippen LogP contribution in [0.25, 0.3) is 0 Å². The first-order valence-electron chi connectivity index (χ1n) is 11.6. The number of aryl methyl sites for hydroxylation is 1. The molecule has 0 fully saturated rings. The molecule has 2 atom stereocenters. The van der Waals surface area contributed by atoms with Crippen LogP contribution < -0.4 is 0 Å². The van der Waals surface area contributed by atoms with E-state index in [-0.39, 0.29) is 41.8 Å². The molecule has 0 amide bonds. The Labute approximate surface area is 198 Å². The van der Waals surface area contributed by atoms with Crippen molar-refractivity contribution in [3.05, 3.63) is 63.7 Å². The van der Waals surface area contributed by atoms with Gasteiger partial charge in [0.1, 0.15) is 11.5 Å². The molecule has 0 spiro atoms. The number of carbonyl (C=O) groups excluding carboxylic acids is 1. The molecule has 2 aromatic carbocycles. The van der Waals surface area contributed by atoms with Crippen molar-refractivity contribution in [2.45, 2.75) is 73.1 Å². The molecule has 0 saturated carbocycles. The summed E-state index contributed by atoms with van der Waals surface area (Å²) in [6.07, 6.45) is 2.88. The van der Waals surface area contributed by atoms with Crippen LogP contribution in [0.2, 0.25) is 5.02 Å². The fraction of sp³-hybridized carbons (Fsp3) is 0.536. The highest BCUT2D eigenvalue weighted by Crippen LogP contribution is 2.31. The third kappa shape index (κ3) is 7.35. The quantitative estimate of drug-likeness (QED) is 0.414. The van der Waals surface area contributed by atoms with Crippen LogP contribution in [0.1, 0.15) is 76.1 Å². The van der Waals surface area contributed by atoms with Crippen molar-refractivity contribution in [1.82, 2.24) is 0 Å². The lowest BCUT2D eigenvalue weighted by atomic mass is 9.79. The molecule has 32 heavy (non-hydrogen) atoms. The second kappa shape index (κ2) is 11.3. The van der Waals surface area contributed by atoms with Crippen molar-refractivity contribution in [3.63, 3.8) is 0 Å².